The van der Waals surface area contributed by atoms with E-state index < -0.39 is 0 Å². The molecule has 4 rings (SSSR count). The van der Waals surface area contributed by atoms with E-state index in [9.17, 15) is 10.1 Å². The second-order valence-corrected chi connectivity index (χ2v) is 8.21. The van der Waals surface area contributed by atoms with Crippen LogP contribution in [0.1, 0.15) is 16.7 Å². The summed E-state index contributed by atoms with van der Waals surface area (Å²) in [5, 5.41) is 9.99. The monoisotopic (exact) mass is 489 g/mol. The van der Waals surface area contributed by atoms with Crippen molar-refractivity contribution < 1.29 is 14.3 Å². The molecule has 3 aromatic rings. The van der Waals surface area contributed by atoms with E-state index in [2.05, 4.69) is 6.07 Å². The molecule has 0 atom stereocenters. The van der Waals surface area contributed by atoms with E-state index in [1.54, 1.807) is 42.3 Å². The molecule has 0 N–H and O–H groups in total. The van der Waals surface area contributed by atoms with Crippen molar-refractivity contribution in [1.29, 1.82) is 5.26 Å². The minimum absolute atomic E-state index is 0.155. The summed E-state index contributed by atoms with van der Waals surface area (Å²) in [5.74, 6) is 0.526. The predicted octanol–water partition coefficient (Wildman–Crippen LogP) is 5.40. The molecule has 1 heterocycles. The van der Waals surface area contributed by atoms with E-state index in [4.69, 9.17) is 33.3 Å². The van der Waals surface area contributed by atoms with Gasteiger partial charge in [0.2, 0.25) is 0 Å². The zero-order valence-corrected chi connectivity index (χ0v) is 20.1. The van der Waals surface area contributed by atoms with Gasteiger partial charge in [-0.05, 0) is 54.2 Å². The van der Waals surface area contributed by atoms with E-state index in [-0.39, 0.29) is 12.5 Å². The molecule has 170 valence electrons. The third-order valence-corrected chi connectivity index (χ3v) is 6.08. The highest BCUT2D eigenvalue weighted by molar-refractivity contribution is 7.80. The van der Waals surface area contributed by atoms with Gasteiger partial charge < -0.3 is 14.4 Å². The molecule has 0 spiro atoms. The first kappa shape index (κ1) is 23.3. The summed E-state index contributed by atoms with van der Waals surface area (Å²) in [6.45, 7) is 0.155. The highest BCUT2D eigenvalue weighted by atomic mass is 35.5. The van der Waals surface area contributed by atoms with Gasteiger partial charge in [-0.2, -0.15) is 5.26 Å². The van der Waals surface area contributed by atoms with Gasteiger partial charge in [-0.25, -0.2) is 0 Å². The van der Waals surface area contributed by atoms with E-state index in [1.807, 2.05) is 42.5 Å². The van der Waals surface area contributed by atoms with Crippen LogP contribution in [0, 0.1) is 11.3 Å². The summed E-state index contributed by atoms with van der Waals surface area (Å²) in [6, 6.07) is 22.0. The molecule has 0 radical (unpaired) electrons. The van der Waals surface area contributed by atoms with Crippen molar-refractivity contribution >= 4 is 46.6 Å². The summed E-state index contributed by atoms with van der Waals surface area (Å²) in [5.41, 5.74) is 3.02. The van der Waals surface area contributed by atoms with Gasteiger partial charge in [-0.1, -0.05) is 48.0 Å². The molecule has 34 heavy (non-hydrogen) atoms. The molecule has 1 aliphatic rings. The van der Waals surface area contributed by atoms with Crippen molar-refractivity contribution in [3.05, 3.63) is 94.1 Å². The Morgan fingerprint density at radius 3 is 2.53 bits per heavy atom. The first-order chi connectivity index (χ1) is 16.4. The number of nitrogens with zero attached hydrogens (tertiary/aromatic N) is 3. The summed E-state index contributed by atoms with van der Waals surface area (Å²) >= 11 is 12.0. The maximum absolute atomic E-state index is 13.2. The lowest BCUT2D eigenvalue weighted by Gasteiger charge is -2.16. The van der Waals surface area contributed by atoms with Gasteiger partial charge in [0.25, 0.3) is 5.91 Å². The Labute approximate surface area is 208 Å². The Morgan fingerprint density at radius 1 is 1.12 bits per heavy atom. The molecular formula is C26H20ClN3O3S. The lowest BCUT2D eigenvalue weighted by molar-refractivity contribution is -0.114. The highest BCUT2D eigenvalue weighted by Gasteiger charge is 2.36. The second kappa shape index (κ2) is 9.96. The number of carbonyl (C=O) groups excluding carboxylic acids is 1. The number of halogens is 1. The summed E-state index contributed by atoms with van der Waals surface area (Å²) in [7, 11) is 3.26. The lowest BCUT2D eigenvalue weighted by atomic mass is 10.1. The maximum atomic E-state index is 13.2. The average Bonchev–Trinajstić information content (AvgIpc) is 3.06. The number of benzene rings is 3. The first-order valence-corrected chi connectivity index (χ1v) is 11.1. The number of para-hydroxylation sites is 1. The van der Waals surface area contributed by atoms with Gasteiger partial charge in [0.05, 0.1) is 29.5 Å². The number of rotatable bonds is 6. The number of likely N-dealkylation sites (N-methyl/N-ethyl adjacent to an activating group) is 1. The van der Waals surface area contributed by atoms with Crippen LogP contribution in [0.3, 0.4) is 0 Å². The number of ether oxygens (including phenoxy) is 2. The fourth-order valence-corrected chi connectivity index (χ4v) is 4.15. The number of hydrogen-bond acceptors (Lipinski definition) is 5. The van der Waals surface area contributed by atoms with E-state index in [0.29, 0.717) is 44.1 Å². The minimum atomic E-state index is -0.234. The van der Waals surface area contributed by atoms with Crippen molar-refractivity contribution in [2.24, 2.45) is 0 Å². The largest absolute Gasteiger partial charge is 0.493 e. The number of carbonyl (C=O) groups is 1. The van der Waals surface area contributed by atoms with Gasteiger partial charge >= 0.3 is 0 Å². The van der Waals surface area contributed by atoms with Gasteiger partial charge in [-0.15, -0.1) is 0 Å². The van der Waals surface area contributed by atoms with Gasteiger partial charge in [0.1, 0.15) is 12.3 Å². The number of methoxy groups -OCH3 is 1. The van der Waals surface area contributed by atoms with Crippen LogP contribution in [-0.4, -0.2) is 30.1 Å². The molecule has 0 aromatic heterocycles. The van der Waals surface area contributed by atoms with Crippen LogP contribution in [0.5, 0.6) is 11.5 Å². The SMILES string of the molecule is COc1cc(/C=C2/C(=O)N(c3ccccc3)C(=S)N2C)cc(Cl)c1OCc1ccccc1C#N. The molecule has 1 fully saturated rings. The lowest BCUT2D eigenvalue weighted by Crippen LogP contribution is -2.30. The van der Waals surface area contributed by atoms with E-state index in [1.165, 1.54) is 12.0 Å². The number of nitriles is 1. The maximum Gasteiger partial charge on any atom is 0.281 e. The van der Waals surface area contributed by atoms with Gasteiger partial charge in [0.15, 0.2) is 16.6 Å². The topological polar surface area (TPSA) is 65.8 Å². The fraction of sp³-hybridized carbons (Fsp3) is 0.115. The number of anilines is 1. The fourth-order valence-electron chi connectivity index (χ4n) is 3.59. The standard InChI is InChI=1S/C26H20ClN3O3S/c1-29-22(25(31)30(26(29)34)20-10-4-3-5-11-20)13-17-12-21(27)24(23(14-17)32-2)33-16-19-9-7-6-8-18(19)15-28/h3-14H,16H2,1-2H3/b22-13-. The molecule has 0 aliphatic carbocycles. The third-order valence-electron chi connectivity index (χ3n) is 5.34. The zero-order chi connectivity index (χ0) is 24.2. The van der Waals surface area contributed by atoms with Crippen molar-refractivity contribution in [1.82, 2.24) is 4.90 Å². The Kier molecular flexibility index (Phi) is 6.82. The Balaban J connectivity index is 1.63. The Morgan fingerprint density at radius 2 is 1.82 bits per heavy atom. The molecule has 1 aliphatic heterocycles. The molecule has 0 saturated carbocycles. The highest BCUT2D eigenvalue weighted by Crippen LogP contribution is 2.38. The van der Waals surface area contributed by atoms with Crippen LogP contribution in [0.15, 0.2) is 72.4 Å². The van der Waals surface area contributed by atoms with E-state index in [0.717, 1.165) is 5.56 Å². The Bertz CT molecular complexity index is 1330. The normalized spacial score (nSPS) is 14.5. The molecule has 0 bridgehead atoms. The summed E-state index contributed by atoms with van der Waals surface area (Å²) < 4.78 is 11.4. The number of amides is 1. The number of thiocarbonyl (C=S) groups is 1. The van der Waals surface area contributed by atoms with Crippen molar-refractivity contribution in [2.75, 3.05) is 19.1 Å². The first-order valence-electron chi connectivity index (χ1n) is 10.3. The molecular weight excluding hydrogens is 470 g/mol. The van der Waals surface area contributed by atoms with Crippen LogP contribution >= 0.6 is 23.8 Å². The number of hydrogen-bond donors (Lipinski definition) is 0. The molecule has 1 saturated heterocycles. The van der Waals surface area contributed by atoms with Gasteiger partial charge in [-0.3, -0.25) is 9.69 Å². The second-order valence-electron chi connectivity index (χ2n) is 7.44. The molecule has 6 nitrogen and oxygen atoms in total. The van der Waals surface area contributed by atoms with Crippen LogP contribution in [-0.2, 0) is 11.4 Å². The average molecular weight is 490 g/mol. The van der Waals surface area contributed by atoms with Crippen molar-refractivity contribution in [3.8, 4) is 17.6 Å². The van der Waals surface area contributed by atoms with Crippen LogP contribution in [0.25, 0.3) is 6.08 Å². The summed E-state index contributed by atoms with van der Waals surface area (Å²) in [4.78, 5) is 16.3. The molecule has 3 aromatic carbocycles. The quantitative estimate of drug-likeness (QED) is 0.341. The third kappa shape index (κ3) is 4.46. The van der Waals surface area contributed by atoms with Crippen LogP contribution in [0.2, 0.25) is 5.02 Å². The smallest absolute Gasteiger partial charge is 0.281 e. The van der Waals surface area contributed by atoms with Crippen molar-refractivity contribution in [3.63, 3.8) is 0 Å². The van der Waals surface area contributed by atoms with Crippen LogP contribution < -0.4 is 14.4 Å². The molecule has 0 unspecified atom stereocenters. The predicted molar refractivity (Wildman–Crippen MR) is 136 cm³/mol. The Hall–Kier alpha value is -3.86. The van der Waals surface area contributed by atoms with Gasteiger partial charge in [0, 0.05) is 12.6 Å². The molecule has 1 amide bonds. The summed E-state index contributed by atoms with van der Waals surface area (Å²) in [6.07, 6.45) is 1.71. The zero-order valence-electron chi connectivity index (χ0n) is 18.5. The van der Waals surface area contributed by atoms with Crippen LogP contribution in [0.4, 0.5) is 5.69 Å². The van der Waals surface area contributed by atoms with Crippen molar-refractivity contribution in [2.45, 2.75) is 6.61 Å². The van der Waals surface area contributed by atoms with E-state index >= 15 is 0 Å². The minimum Gasteiger partial charge on any atom is -0.493 e. The molecule has 8 heteroatoms.